The molecule has 0 spiro atoms. The maximum absolute atomic E-state index is 5.99. The van der Waals surface area contributed by atoms with Gasteiger partial charge in [-0.2, -0.15) is 0 Å². The van der Waals surface area contributed by atoms with E-state index < -0.39 is 0 Å². The van der Waals surface area contributed by atoms with E-state index in [9.17, 15) is 0 Å². The zero-order valence-electron chi connectivity index (χ0n) is 12.9. The molecule has 1 atom stereocenters. The van der Waals surface area contributed by atoms with Crippen molar-refractivity contribution in [3.8, 4) is 0 Å². The van der Waals surface area contributed by atoms with Crippen molar-refractivity contribution in [1.29, 1.82) is 0 Å². The summed E-state index contributed by atoms with van der Waals surface area (Å²) in [6.45, 7) is 0.656. The molecule has 1 heterocycles. The van der Waals surface area contributed by atoms with E-state index in [2.05, 4.69) is 15.3 Å². The SMILES string of the molecule is COCCC(Nc1ncnc2ccccc12)c1ccc(Cl)cc1. The fraction of sp³-hybridized carbons (Fsp3) is 0.222. The summed E-state index contributed by atoms with van der Waals surface area (Å²) in [5, 5.41) is 5.25. The minimum atomic E-state index is 0.0884. The number of benzene rings is 2. The Balaban J connectivity index is 1.92. The fourth-order valence-corrected chi connectivity index (χ4v) is 2.66. The number of methoxy groups -OCH3 is 1. The molecule has 1 aromatic heterocycles. The molecule has 0 saturated carbocycles. The van der Waals surface area contributed by atoms with Gasteiger partial charge in [0.2, 0.25) is 0 Å². The molecule has 5 heteroatoms. The van der Waals surface area contributed by atoms with Crippen molar-refractivity contribution in [3.63, 3.8) is 0 Å². The highest BCUT2D eigenvalue weighted by Crippen LogP contribution is 2.26. The highest BCUT2D eigenvalue weighted by atomic mass is 35.5. The van der Waals surface area contributed by atoms with Crippen molar-refractivity contribution in [2.45, 2.75) is 12.5 Å². The van der Waals surface area contributed by atoms with Crippen LogP contribution in [0.15, 0.2) is 54.9 Å². The van der Waals surface area contributed by atoms with Crippen LogP contribution in [0, 0.1) is 0 Å². The number of para-hydroxylation sites is 1. The molecular formula is C18H18ClN3O. The zero-order chi connectivity index (χ0) is 16.1. The number of nitrogens with one attached hydrogen (secondary N) is 1. The number of hydrogen-bond donors (Lipinski definition) is 1. The van der Waals surface area contributed by atoms with Crippen LogP contribution < -0.4 is 5.32 Å². The first kappa shape index (κ1) is 15.7. The van der Waals surface area contributed by atoms with Crippen molar-refractivity contribution in [2.75, 3.05) is 19.0 Å². The molecule has 4 nitrogen and oxygen atoms in total. The third-order valence-electron chi connectivity index (χ3n) is 3.74. The van der Waals surface area contributed by atoms with Crippen LogP contribution in [0.2, 0.25) is 5.02 Å². The molecule has 0 bridgehead atoms. The lowest BCUT2D eigenvalue weighted by Crippen LogP contribution is -2.14. The molecule has 0 aliphatic carbocycles. The van der Waals surface area contributed by atoms with Crippen molar-refractivity contribution < 1.29 is 4.74 Å². The second-order valence-electron chi connectivity index (χ2n) is 5.27. The molecule has 2 aromatic carbocycles. The third kappa shape index (κ3) is 3.78. The molecule has 1 unspecified atom stereocenters. The van der Waals surface area contributed by atoms with Crippen molar-refractivity contribution in [2.24, 2.45) is 0 Å². The second-order valence-corrected chi connectivity index (χ2v) is 5.71. The lowest BCUT2D eigenvalue weighted by molar-refractivity contribution is 0.190. The molecule has 0 radical (unpaired) electrons. The minimum Gasteiger partial charge on any atom is -0.385 e. The largest absolute Gasteiger partial charge is 0.385 e. The Labute approximate surface area is 140 Å². The van der Waals surface area contributed by atoms with Crippen molar-refractivity contribution >= 4 is 28.3 Å². The number of halogens is 1. The summed E-state index contributed by atoms with van der Waals surface area (Å²) in [5.41, 5.74) is 2.07. The Morgan fingerprint density at radius 2 is 1.87 bits per heavy atom. The summed E-state index contributed by atoms with van der Waals surface area (Å²) < 4.78 is 5.24. The number of fused-ring (bicyclic) bond motifs is 1. The normalized spacial score (nSPS) is 12.3. The van der Waals surface area contributed by atoms with Gasteiger partial charge >= 0.3 is 0 Å². The van der Waals surface area contributed by atoms with Gasteiger partial charge in [0.1, 0.15) is 12.1 Å². The summed E-state index contributed by atoms with van der Waals surface area (Å²) in [6, 6.07) is 15.9. The molecule has 118 valence electrons. The van der Waals surface area contributed by atoms with Crippen LogP contribution in [0.25, 0.3) is 10.9 Å². The lowest BCUT2D eigenvalue weighted by Gasteiger charge is -2.20. The fourth-order valence-electron chi connectivity index (χ4n) is 2.54. The smallest absolute Gasteiger partial charge is 0.137 e. The average molecular weight is 328 g/mol. The number of hydrogen-bond acceptors (Lipinski definition) is 4. The van der Waals surface area contributed by atoms with E-state index in [1.54, 1.807) is 13.4 Å². The van der Waals surface area contributed by atoms with E-state index in [1.807, 2.05) is 48.5 Å². The monoisotopic (exact) mass is 327 g/mol. The Bertz CT molecular complexity index is 771. The van der Waals surface area contributed by atoms with E-state index in [0.29, 0.717) is 6.61 Å². The molecule has 0 aliphatic rings. The van der Waals surface area contributed by atoms with Gasteiger partial charge in [-0.1, -0.05) is 35.9 Å². The highest BCUT2D eigenvalue weighted by Gasteiger charge is 2.14. The van der Waals surface area contributed by atoms with Crippen LogP contribution in [0.4, 0.5) is 5.82 Å². The number of anilines is 1. The van der Waals surface area contributed by atoms with Gasteiger partial charge in [-0.25, -0.2) is 9.97 Å². The van der Waals surface area contributed by atoms with Gasteiger partial charge in [0.25, 0.3) is 0 Å². The van der Waals surface area contributed by atoms with Crippen LogP contribution in [0.3, 0.4) is 0 Å². The third-order valence-corrected chi connectivity index (χ3v) is 3.99. The van der Waals surface area contributed by atoms with Gasteiger partial charge < -0.3 is 10.1 Å². The van der Waals surface area contributed by atoms with Crippen LogP contribution in [0.1, 0.15) is 18.0 Å². The van der Waals surface area contributed by atoms with Crippen LogP contribution in [0.5, 0.6) is 0 Å². The first-order valence-corrected chi connectivity index (χ1v) is 7.86. The Hall–Kier alpha value is -2.17. The molecular weight excluding hydrogens is 310 g/mol. The van der Waals surface area contributed by atoms with E-state index in [4.69, 9.17) is 16.3 Å². The summed E-state index contributed by atoms with van der Waals surface area (Å²) in [7, 11) is 1.71. The quantitative estimate of drug-likeness (QED) is 0.725. The minimum absolute atomic E-state index is 0.0884. The van der Waals surface area contributed by atoms with Gasteiger partial charge in [-0.15, -0.1) is 0 Å². The molecule has 0 saturated heterocycles. The standard InChI is InChI=1S/C18H18ClN3O/c1-23-11-10-16(13-6-8-14(19)9-7-13)22-18-15-4-2-3-5-17(15)20-12-21-18/h2-9,12,16H,10-11H2,1H3,(H,20,21,22). The predicted octanol–water partition coefficient (Wildman–Crippen LogP) is 4.47. The summed E-state index contributed by atoms with van der Waals surface area (Å²) in [5.74, 6) is 0.826. The Morgan fingerprint density at radius 1 is 1.09 bits per heavy atom. The van der Waals surface area contributed by atoms with Crippen molar-refractivity contribution in [1.82, 2.24) is 9.97 Å². The first-order chi connectivity index (χ1) is 11.3. The molecule has 0 amide bonds. The molecule has 0 aliphatic heterocycles. The maximum atomic E-state index is 5.99. The van der Waals surface area contributed by atoms with E-state index >= 15 is 0 Å². The number of nitrogens with zero attached hydrogens (tertiary/aromatic N) is 2. The van der Waals surface area contributed by atoms with Gasteiger partial charge in [0.05, 0.1) is 11.6 Å². The molecule has 3 rings (SSSR count). The Morgan fingerprint density at radius 3 is 2.65 bits per heavy atom. The highest BCUT2D eigenvalue weighted by molar-refractivity contribution is 6.30. The number of aromatic nitrogens is 2. The van der Waals surface area contributed by atoms with Gasteiger partial charge in [0, 0.05) is 24.1 Å². The summed E-state index contributed by atoms with van der Waals surface area (Å²) in [6.07, 6.45) is 2.41. The van der Waals surface area contributed by atoms with Gasteiger partial charge in [-0.05, 0) is 36.2 Å². The molecule has 3 aromatic rings. The molecule has 23 heavy (non-hydrogen) atoms. The van der Waals surface area contributed by atoms with E-state index in [-0.39, 0.29) is 6.04 Å². The lowest BCUT2D eigenvalue weighted by atomic mass is 10.0. The number of ether oxygens (including phenoxy) is 1. The van der Waals surface area contributed by atoms with Crippen LogP contribution >= 0.6 is 11.6 Å². The van der Waals surface area contributed by atoms with Crippen LogP contribution in [-0.2, 0) is 4.74 Å². The first-order valence-electron chi connectivity index (χ1n) is 7.48. The maximum Gasteiger partial charge on any atom is 0.137 e. The van der Waals surface area contributed by atoms with Crippen LogP contribution in [-0.4, -0.2) is 23.7 Å². The molecule has 1 N–H and O–H groups in total. The predicted molar refractivity (Wildman–Crippen MR) is 93.8 cm³/mol. The number of rotatable bonds is 6. The van der Waals surface area contributed by atoms with E-state index in [1.165, 1.54) is 0 Å². The second kappa shape index (κ2) is 7.40. The average Bonchev–Trinajstić information content (AvgIpc) is 2.59. The molecule has 0 fully saturated rings. The Kier molecular flexibility index (Phi) is 5.05. The zero-order valence-corrected chi connectivity index (χ0v) is 13.6. The van der Waals surface area contributed by atoms with E-state index in [0.717, 1.165) is 33.7 Å². The van der Waals surface area contributed by atoms with Gasteiger partial charge in [0.15, 0.2) is 0 Å². The van der Waals surface area contributed by atoms with Gasteiger partial charge in [-0.3, -0.25) is 0 Å². The van der Waals surface area contributed by atoms with Crippen molar-refractivity contribution in [3.05, 3.63) is 65.4 Å². The summed E-state index contributed by atoms with van der Waals surface area (Å²) in [4.78, 5) is 8.71. The topological polar surface area (TPSA) is 47.0 Å². The summed E-state index contributed by atoms with van der Waals surface area (Å²) >= 11 is 5.99.